The lowest BCUT2D eigenvalue weighted by Gasteiger charge is -2.23. The SMILES string of the molecule is CC1(C(=O)NCC2(CCO)CC2)CCCS1. The summed E-state index contributed by atoms with van der Waals surface area (Å²) in [6.07, 6.45) is 5.28. The molecule has 1 aliphatic heterocycles. The molecule has 1 heterocycles. The number of aliphatic hydroxyl groups excluding tert-OH is 1. The molecule has 3 nitrogen and oxygen atoms in total. The van der Waals surface area contributed by atoms with Crippen LogP contribution in [0.5, 0.6) is 0 Å². The average Bonchev–Trinajstić information content (AvgIpc) is 2.88. The van der Waals surface area contributed by atoms with Crippen molar-refractivity contribution in [3.05, 3.63) is 0 Å². The molecule has 1 saturated carbocycles. The molecule has 0 radical (unpaired) electrons. The van der Waals surface area contributed by atoms with Crippen LogP contribution < -0.4 is 5.32 Å². The Hall–Kier alpha value is -0.220. The van der Waals surface area contributed by atoms with Gasteiger partial charge in [0.25, 0.3) is 0 Å². The van der Waals surface area contributed by atoms with Gasteiger partial charge in [0.2, 0.25) is 5.91 Å². The maximum absolute atomic E-state index is 12.1. The minimum absolute atomic E-state index is 0.194. The lowest BCUT2D eigenvalue weighted by Crippen LogP contribution is -2.42. The fourth-order valence-corrected chi connectivity index (χ4v) is 3.57. The number of carbonyl (C=O) groups is 1. The second-order valence-corrected chi connectivity index (χ2v) is 6.94. The first-order chi connectivity index (χ1) is 7.60. The molecule has 1 amide bonds. The second-order valence-electron chi connectivity index (χ2n) is 5.34. The van der Waals surface area contributed by atoms with Gasteiger partial charge in [0.15, 0.2) is 0 Å². The summed E-state index contributed by atoms with van der Waals surface area (Å²) in [4.78, 5) is 12.1. The number of hydrogen-bond acceptors (Lipinski definition) is 3. The molecule has 2 N–H and O–H groups in total. The Bertz CT molecular complexity index is 270. The highest BCUT2D eigenvalue weighted by Gasteiger charge is 2.44. The third-order valence-corrected chi connectivity index (χ3v) is 5.44. The van der Waals surface area contributed by atoms with Crippen molar-refractivity contribution in [3.8, 4) is 0 Å². The molecule has 92 valence electrons. The molecule has 0 bridgehead atoms. The van der Waals surface area contributed by atoms with Crippen LogP contribution in [0.1, 0.15) is 39.0 Å². The highest BCUT2D eigenvalue weighted by molar-refractivity contribution is 8.01. The number of amides is 1. The van der Waals surface area contributed by atoms with Gasteiger partial charge in [-0.2, -0.15) is 0 Å². The quantitative estimate of drug-likeness (QED) is 0.770. The normalized spacial score (nSPS) is 31.4. The molecule has 1 aliphatic carbocycles. The van der Waals surface area contributed by atoms with Crippen LogP contribution in [0.15, 0.2) is 0 Å². The van der Waals surface area contributed by atoms with Crippen molar-refractivity contribution < 1.29 is 9.90 Å². The van der Waals surface area contributed by atoms with Gasteiger partial charge in [-0.25, -0.2) is 0 Å². The number of nitrogens with one attached hydrogen (secondary N) is 1. The summed E-state index contributed by atoms with van der Waals surface area (Å²) in [5, 5.41) is 12.0. The van der Waals surface area contributed by atoms with Crippen molar-refractivity contribution in [2.75, 3.05) is 18.9 Å². The summed E-state index contributed by atoms with van der Waals surface area (Å²) in [6.45, 7) is 3.04. The Balaban J connectivity index is 1.79. The molecule has 2 aliphatic rings. The molecule has 1 unspecified atom stereocenters. The standard InChI is InChI=1S/C12H21NO2S/c1-11(3-2-8-16-11)10(15)13-9-12(4-5-12)6-7-14/h14H,2-9H2,1H3,(H,13,15). The van der Waals surface area contributed by atoms with Gasteiger partial charge in [0.1, 0.15) is 0 Å². The van der Waals surface area contributed by atoms with Crippen molar-refractivity contribution >= 4 is 17.7 Å². The van der Waals surface area contributed by atoms with Gasteiger partial charge in [-0.05, 0) is 50.2 Å². The van der Waals surface area contributed by atoms with Crippen molar-refractivity contribution in [3.63, 3.8) is 0 Å². The summed E-state index contributed by atoms with van der Waals surface area (Å²) < 4.78 is -0.199. The highest BCUT2D eigenvalue weighted by atomic mass is 32.2. The third kappa shape index (κ3) is 2.54. The first-order valence-electron chi connectivity index (χ1n) is 6.13. The maximum Gasteiger partial charge on any atom is 0.235 e. The zero-order valence-electron chi connectivity index (χ0n) is 9.92. The van der Waals surface area contributed by atoms with E-state index in [1.807, 2.05) is 6.92 Å². The molecule has 0 aromatic heterocycles. The number of aliphatic hydroxyl groups is 1. The van der Waals surface area contributed by atoms with E-state index >= 15 is 0 Å². The van der Waals surface area contributed by atoms with Gasteiger partial charge >= 0.3 is 0 Å². The molecule has 2 rings (SSSR count). The molecule has 1 atom stereocenters. The predicted octanol–water partition coefficient (Wildman–Crippen LogP) is 1.55. The molecular formula is C12H21NO2S. The van der Waals surface area contributed by atoms with Gasteiger partial charge in [0.05, 0.1) is 4.75 Å². The van der Waals surface area contributed by atoms with Crippen LogP contribution >= 0.6 is 11.8 Å². The third-order valence-electron chi connectivity index (χ3n) is 3.92. The van der Waals surface area contributed by atoms with E-state index in [-0.39, 0.29) is 22.7 Å². The van der Waals surface area contributed by atoms with E-state index in [1.54, 1.807) is 11.8 Å². The van der Waals surface area contributed by atoms with Crippen LogP contribution in [-0.2, 0) is 4.79 Å². The van der Waals surface area contributed by atoms with Crippen LogP contribution in [0, 0.1) is 5.41 Å². The average molecular weight is 243 g/mol. The molecule has 1 saturated heterocycles. The van der Waals surface area contributed by atoms with Crippen LogP contribution in [0.4, 0.5) is 0 Å². The number of hydrogen-bond donors (Lipinski definition) is 2. The number of thioether (sulfide) groups is 1. The van der Waals surface area contributed by atoms with Crippen molar-refractivity contribution in [2.24, 2.45) is 5.41 Å². The monoisotopic (exact) mass is 243 g/mol. The number of carbonyl (C=O) groups excluding carboxylic acids is 1. The van der Waals surface area contributed by atoms with Gasteiger partial charge in [-0.15, -0.1) is 11.8 Å². The van der Waals surface area contributed by atoms with Crippen molar-refractivity contribution in [1.29, 1.82) is 0 Å². The first kappa shape index (κ1) is 12.2. The van der Waals surface area contributed by atoms with E-state index in [1.165, 1.54) is 0 Å². The van der Waals surface area contributed by atoms with Crippen LogP contribution in [0.2, 0.25) is 0 Å². The largest absolute Gasteiger partial charge is 0.396 e. The van der Waals surface area contributed by atoms with Gasteiger partial charge < -0.3 is 10.4 Å². The maximum atomic E-state index is 12.1. The molecule has 2 fully saturated rings. The van der Waals surface area contributed by atoms with Crippen molar-refractivity contribution in [1.82, 2.24) is 5.32 Å². The molecule has 4 heteroatoms. The van der Waals surface area contributed by atoms with E-state index in [0.717, 1.165) is 44.4 Å². The fourth-order valence-electron chi connectivity index (χ4n) is 2.34. The number of rotatable bonds is 5. The second kappa shape index (κ2) is 4.57. The summed E-state index contributed by atoms with van der Waals surface area (Å²) in [5.41, 5.74) is 0.226. The zero-order chi connectivity index (χ0) is 11.6. The molecule has 0 spiro atoms. The Morgan fingerprint density at radius 3 is 2.69 bits per heavy atom. The Morgan fingerprint density at radius 1 is 1.44 bits per heavy atom. The summed E-state index contributed by atoms with van der Waals surface area (Å²) in [7, 11) is 0. The highest BCUT2D eigenvalue weighted by Crippen LogP contribution is 2.48. The van der Waals surface area contributed by atoms with Crippen molar-refractivity contribution in [2.45, 2.75) is 43.8 Å². The Kier molecular flexibility index (Phi) is 3.50. The predicted molar refractivity (Wildman–Crippen MR) is 66.5 cm³/mol. The van der Waals surface area contributed by atoms with E-state index in [4.69, 9.17) is 5.11 Å². The summed E-state index contributed by atoms with van der Waals surface area (Å²) in [6, 6.07) is 0. The fraction of sp³-hybridized carbons (Fsp3) is 0.917. The van der Waals surface area contributed by atoms with Crippen LogP contribution in [-0.4, -0.2) is 34.7 Å². The minimum atomic E-state index is -0.199. The Morgan fingerprint density at radius 2 is 2.19 bits per heavy atom. The van der Waals surface area contributed by atoms with E-state index < -0.39 is 0 Å². The van der Waals surface area contributed by atoms with E-state index in [2.05, 4.69) is 5.32 Å². The van der Waals surface area contributed by atoms with E-state index in [9.17, 15) is 4.79 Å². The summed E-state index contributed by atoms with van der Waals surface area (Å²) in [5.74, 6) is 1.30. The van der Waals surface area contributed by atoms with Gasteiger partial charge in [-0.3, -0.25) is 4.79 Å². The summed E-state index contributed by atoms with van der Waals surface area (Å²) >= 11 is 1.78. The van der Waals surface area contributed by atoms with Gasteiger partial charge in [0, 0.05) is 13.2 Å². The lowest BCUT2D eigenvalue weighted by molar-refractivity contribution is -0.123. The Labute approximate surface area is 101 Å². The van der Waals surface area contributed by atoms with Crippen LogP contribution in [0.25, 0.3) is 0 Å². The topological polar surface area (TPSA) is 49.3 Å². The smallest absolute Gasteiger partial charge is 0.235 e. The van der Waals surface area contributed by atoms with Crippen LogP contribution in [0.3, 0.4) is 0 Å². The minimum Gasteiger partial charge on any atom is -0.396 e. The molecule has 0 aromatic rings. The zero-order valence-corrected chi connectivity index (χ0v) is 10.7. The first-order valence-corrected chi connectivity index (χ1v) is 7.12. The van der Waals surface area contributed by atoms with Gasteiger partial charge in [-0.1, -0.05) is 0 Å². The lowest BCUT2D eigenvalue weighted by atomic mass is 10.0. The van der Waals surface area contributed by atoms with E-state index in [0.29, 0.717) is 0 Å². The molecular weight excluding hydrogens is 222 g/mol. The molecule has 0 aromatic carbocycles. The molecule has 16 heavy (non-hydrogen) atoms.